The first-order valence-corrected chi connectivity index (χ1v) is 9.07. The van der Waals surface area contributed by atoms with Gasteiger partial charge in [0.15, 0.2) is 5.75 Å². The van der Waals surface area contributed by atoms with Gasteiger partial charge in [0, 0.05) is 0 Å². The first-order valence-electron chi connectivity index (χ1n) is 9.07. The number of nitrogens with zero attached hydrogens (tertiary/aromatic N) is 1. The van der Waals surface area contributed by atoms with Gasteiger partial charge in [-0.1, -0.05) is 36.4 Å². The average molecular weight is 419 g/mol. The molecule has 0 unspecified atom stereocenters. The quantitative estimate of drug-likeness (QED) is 0.746. The molecule has 0 saturated carbocycles. The van der Waals surface area contributed by atoms with E-state index in [2.05, 4.69) is 15.4 Å². The van der Waals surface area contributed by atoms with E-state index in [-0.39, 0.29) is 5.69 Å². The number of imide groups is 1. The van der Waals surface area contributed by atoms with Crippen molar-refractivity contribution in [3.05, 3.63) is 59.7 Å². The number of urea groups is 1. The lowest BCUT2D eigenvalue weighted by Crippen LogP contribution is -2.43. The van der Waals surface area contributed by atoms with Gasteiger partial charge in [-0.3, -0.25) is 14.5 Å². The molecule has 10 heteroatoms. The summed E-state index contributed by atoms with van der Waals surface area (Å²) in [4.78, 5) is 38.6. The molecule has 0 aromatic heterocycles. The summed E-state index contributed by atoms with van der Waals surface area (Å²) in [6.07, 6.45) is -3.96. The SMILES string of the molecule is O=C(CN1C(=O)N[C@]2(CCc3ccccc32)C1=O)Nc1ccccc1OC(F)(F)F. The zero-order valence-corrected chi connectivity index (χ0v) is 15.5. The second kappa shape index (κ2) is 7.05. The number of benzene rings is 2. The number of rotatable bonds is 4. The maximum Gasteiger partial charge on any atom is 0.573 e. The van der Waals surface area contributed by atoms with Gasteiger partial charge in [-0.05, 0) is 36.1 Å². The molecule has 2 aliphatic rings. The van der Waals surface area contributed by atoms with E-state index in [1.165, 1.54) is 18.2 Å². The molecular formula is C20H16F3N3O4. The molecule has 4 rings (SSSR count). The molecule has 156 valence electrons. The highest BCUT2D eigenvalue weighted by molar-refractivity contribution is 6.11. The molecule has 1 aliphatic heterocycles. The first-order chi connectivity index (χ1) is 14.2. The van der Waals surface area contributed by atoms with Gasteiger partial charge >= 0.3 is 12.4 Å². The van der Waals surface area contributed by atoms with E-state index in [0.717, 1.165) is 16.5 Å². The van der Waals surface area contributed by atoms with Crippen molar-refractivity contribution in [2.45, 2.75) is 24.7 Å². The molecule has 1 aliphatic carbocycles. The fourth-order valence-corrected chi connectivity index (χ4v) is 3.85. The summed E-state index contributed by atoms with van der Waals surface area (Å²) in [7, 11) is 0. The van der Waals surface area contributed by atoms with Crippen molar-refractivity contribution in [1.29, 1.82) is 0 Å². The van der Waals surface area contributed by atoms with Gasteiger partial charge in [0.05, 0.1) is 5.69 Å². The topological polar surface area (TPSA) is 87.7 Å². The Bertz CT molecular complexity index is 1040. The highest BCUT2D eigenvalue weighted by Crippen LogP contribution is 2.41. The second-order valence-electron chi connectivity index (χ2n) is 6.98. The lowest BCUT2D eigenvalue weighted by Gasteiger charge is -2.22. The molecule has 7 nitrogen and oxygen atoms in total. The molecule has 1 saturated heterocycles. The molecule has 1 heterocycles. The summed E-state index contributed by atoms with van der Waals surface area (Å²) in [6.45, 7) is -0.644. The molecule has 1 atom stereocenters. The number of nitrogens with one attached hydrogen (secondary N) is 2. The molecule has 0 bridgehead atoms. The third-order valence-corrected chi connectivity index (χ3v) is 5.11. The molecule has 2 aromatic carbocycles. The van der Waals surface area contributed by atoms with Crippen LogP contribution in [-0.4, -0.2) is 35.7 Å². The first kappa shape index (κ1) is 19.7. The molecule has 0 radical (unpaired) electrons. The highest BCUT2D eigenvalue weighted by Gasteiger charge is 2.55. The summed E-state index contributed by atoms with van der Waals surface area (Å²) >= 11 is 0. The van der Waals surface area contributed by atoms with Crippen molar-refractivity contribution in [3.63, 3.8) is 0 Å². The Hall–Kier alpha value is -3.56. The zero-order valence-electron chi connectivity index (χ0n) is 15.5. The van der Waals surface area contributed by atoms with Crippen LogP contribution in [-0.2, 0) is 21.5 Å². The fraction of sp³-hybridized carbons (Fsp3) is 0.250. The predicted octanol–water partition coefficient (Wildman–Crippen LogP) is 2.92. The van der Waals surface area contributed by atoms with Gasteiger partial charge in [-0.2, -0.15) is 0 Å². The van der Waals surface area contributed by atoms with Gasteiger partial charge in [-0.25, -0.2) is 4.79 Å². The maximum atomic E-state index is 13.0. The van der Waals surface area contributed by atoms with Gasteiger partial charge in [0.1, 0.15) is 12.1 Å². The average Bonchev–Trinajstić information content (AvgIpc) is 3.16. The maximum absolute atomic E-state index is 13.0. The van der Waals surface area contributed by atoms with Crippen LogP contribution in [0.5, 0.6) is 5.75 Å². The van der Waals surface area contributed by atoms with Crippen molar-refractivity contribution < 1.29 is 32.3 Å². The number of hydrogen-bond donors (Lipinski definition) is 2. The Morgan fingerprint density at radius 1 is 1.13 bits per heavy atom. The third kappa shape index (κ3) is 3.44. The van der Waals surface area contributed by atoms with E-state index in [9.17, 15) is 27.6 Å². The molecule has 4 amide bonds. The number of fused-ring (bicyclic) bond motifs is 2. The molecule has 1 fully saturated rings. The van der Waals surface area contributed by atoms with Crippen LogP contribution >= 0.6 is 0 Å². The molecule has 1 spiro atoms. The Labute approximate surface area is 168 Å². The monoisotopic (exact) mass is 419 g/mol. The van der Waals surface area contributed by atoms with E-state index in [1.807, 2.05) is 12.1 Å². The van der Waals surface area contributed by atoms with Crippen LogP contribution in [0.15, 0.2) is 48.5 Å². The summed E-state index contributed by atoms with van der Waals surface area (Å²) in [6, 6.07) is 11.5. The van der Waals surface area contributed by atoms with Crippen LogP contribution in [0, 0.1) is 0 Å². The Morgan fingerprint density at radius 3 is 2.60 bits per heavy atom. The van der Waals surface area contributed by atoms with Gasteiger partial charge in [0.2, 0.25) is 5.91 Å². The minimum atomic E-state index is -4.94. The van der Waals surface area contributed by atoms with Crippen molar-refractivity contribution in [2.75, 3.05) is 11.9 Å². The van der Waals surface area contributed by atoms with Crippen LogP contribution in [0.2, 0.25) is 0 Å². The number of carbonyl (C=O) groups is 3. The molecule has 2 aromatic rings. The van der Waals surface area contributed by atoms with E-state index in [4.69, 9.17) is 0 Å². The number of carbonyl (C=O) groups excluding carboxylic acids is 3. The van der Waals surface area contributed by atoms with Crippen LogP contribution in [0.4, 0.5) is 23.7 Å². The number of para-hydroxylation sites is 2. The third-order valence-electron chi connectivity index (χ3n) is 5.11. The number of halogens is 3. The second-order valence-corrected chi connectivity index (χ2v) is 6.98. The van der Waals surface area contributed by atoms with Crippen LogP contribution in [0.25, 0.3) is 0 Å². The van der Waals surface area contributed by atoms with Crippen LogP contribution in [0.3, 0.4) is 0 Å². The number of anilines is 1. The van der Waals surface area contributed by atoms with E-state index < -0.39 is 42.0 Å². The molecule has 30 heavy (non-hydrogen) atoms. The van der Waals surface area contributed by atoms with Crippen LogP contribution < -0.4 is 15.4 Å². The highest BCUT2D eigenvalue weighted by atomic mass is 19.4. The largest absolute Gasteiger partial charge is 0.573 e. The van der Waals surface area contributed by atoms with Crippen LogP contribution in [0.1, 0.15) is 17.5 Å². The number of ether oxygens (including phenoxy) is 1. The zero-order chi connectivity index (χ0) is 21.5. The number of amides is 4. The molecular weight excluding hydrogens is 403 g/mol. The van der Waals surface area contributed by atoms with Gasteiger partial charge < -0.3 is 15.4 Å². The summed E-state index contributed by atoms with van der Waals surface area (Å²) in [5.74, 6) is -2.00. The minimum Gasteiger partial charge on any atom is -0.404 e. The van der Waals surface area contributed by atoms with E-state index >= 15 is 0 Å². The normalized spacial score (nSPS) is 20.3. The van der Waals surface area contributed by atoms with Crippen molar-refractivity contribution >= 4 is 23.5 Å². The Balaban J connectivity index is 1.50. The van der Waals surface area contributed by atoms with Gasteiger partial charge in [0.25, 0.3) is 5.91 Å². The minimum absolute atomic E-state index is 0.229. The number of alkyl halides is 3. The Morgan fingerprint density at radius 2 is 1.83 bits per heavy atom. The predicted molar refractivity (Wildman–Crippen MR) is 98.4 cm³/mol. The Kier molecular flexibility index (Phi) is 4.64. The van der Waals surface area contributed by atoms with Crippen molar-refractivity contribution in [1.82, 2.24) is 10.2 Å². The van der Waals surface area contributed by atoms with E-state index in [0.29, 0.717) is 18.4 Å². The van der Waals surface area contributed by atoms with Gasteiger partial charge in [-0.15, -0.1) is 13.2 Å². The summed E-state index contributed by atoms with van der Waals surface area (Å²) < 4.78 is 41.5. The lowest BCUT2D eigenvalue weighted by molar-refractivity contribution is -0.274. The van der Waals surface area contributed by atoms with Crippen molar-refractivity contribution in [2.24, 2.45) is 0 Å². The molecule has 2 N–H and O–H groups in total. The smallest absolute Gasteiger partial charge is 0.404 e. The summed E-state index contributed by atoms with van der Waals surface area (Å²) in [5.41, 5.74) is 0.185. The van der Waals surface area contributed by atoms with Crippen molar-refractivity contribution in [3.8, 4) is 5.75 Å². The fourth-order valence-electron chi connectivity index (χ4n) is 3.85. The lowest BCUT2D eigenvalue weighted by atomic mass is 9.92. The number of aryl methyl sites for hydroxylation is 1. The summed E-state index contributed by atoms with van der Waals surface area (Å²) in [5, 5.41) is 4.94. The van der Waals surface area contributed by atoms with E-state index in [1.54, 1.807) is 12.1 Å². The standard InChI is InChI=1S/C20H16F3N3O4/c21-20(22,23)30-15-8-4-3-7-14(15)24-16(27)11-26-17(28)19(25-18(26)29)10-9-12-5-1-2-6-13(12)19/h1-8H,9-11H2,(H,24,27)(H,25,29)/t19-/m0/s1. The number of hydrogen-bond acceptors (Lipinski definition) is 4.